The van der Waals surface area contributed by atoms with Crippen molar-refractivity contribution in [2.24, 2.45) is 5.73 Å². The van der Waals surface area contributed by atoms with Gasteiger partial charge in [-0.1, -0.05) is 12.1 Å². The summed E-state index contributed by atoms with van der Waals surface area (Å²) < 4.78 is 12.7. The molecule has 0 aliphatic heterocycles. The van der Waals surface area contributed by atoms with Crippen molar-refractivity contribution >= 4 is 5.91 Å². The van der Waals surface area contributed by atoms with E-state index in [1.807, 2.05) is 6.92 Å². The molecule has 0 saturated heterocycles. The van der Waals surface area contributed by atoms with Crippen LogP contribution in [0.1, 0.15) is 18.9 Å². The van der Waals surface area contributed by atoms with Crippen LogP contribution in [0.5, 0.6) is 0 Å². The number of rotatable bonds is 5. The van der Waals surface area contributed by atoms with E-state index >= 15 is 0 Å². The van der Waals surface area contributed by atoms with E-state index in [4.69, 9.17) is 5.73 Å². The molecule has 3 nitrogen and oxygen atoms in total. The SMILES string of the molecule is CC(N)CCN(C)C(=O)Cc1ccc(F)cc1. The van der Waals surface area contributed by atoms with Crippen molar-refractivity contribution in [1.29, 1.82) is 0 Å². The molecule has 0 aliphatic rings. The third-order valence-corrected chi connectivity index (χ3v) is 2.61. The minimum Gasteiger partial charge on any atom is -0.345 e. The van der Waals surface area contributed by atoms with Gasteiger partial charge in [0.1, 0.15) is 5.82 Å². The topological polar surface area (TPSA) is 46.3 Å². The molecule has 1 unspecified atom stereocenters. The van der Waals surface area contributed by atoms with E-state index in [-0.39, 0.29) is 17.8 Å². The van der Waals surface area contributed by atoms with Gasteiger partial charge in [0.05, 0.1) is 6.42 Å². The van der Waals surface area contributed by atoms with Crippen LogP contribution in [-0.2, 0) is 11.2 Å². The predicted octanol–water partition coefficient (Wildman–Crippen LogP) is 1.56. The molecule has 94 valence electrons. The Morgan fingerprint density at radius 3 is 2.53 bits per heavy atom. The molecule has 2 N–H and O–H groups in total. The normalized spacial score (nSPS) is 12.2. The quantitative estimate of drug-likeness (QED) is 0.846. The smallest absolute Gasteiger partial charge is 0.226 e. The van der Waals surface area contributed by atoms with Crippen LogP contribution in [0, 0.1) is 5.82 Å². The average molecular weight is 238 g/mol. The molecule has 1 rings (SSSR count). The van der Waals surface area contributed by atoms with Gasteiger partial charge >= 0.3 is 0 Å². The van der Waals surface area contributed by atoms with Crippen LogP contribution >= 0.6 is 0 Å². The Bertz CT molecular complexity index is 362. The number of likely N-dealkylation sites (N-methyl/N-ethyl adjacent to an activating group) is 1. The number of hydrogen-bond donors (Lipinski definition) is 1. The van der Waals surface area contributed by atoms with Gasteiger partial charge in [0.25, 0.3) is 0 Å². The largest absolute Gasteiger partial charge is 0.345 e. The fourth-order valence-corrected chi connectivity index (χ4v) is 1.43. The van der Waals surface area contributed by atoms with E-state index in [0.717, 1.165) is 12.0 Å². The lowest BCUT2D eigenvalue weighted by Crippen LogP contribution is -2.32. The highest BCUT2D eigenvalue weighted by Gasteiger charge is 2.10. The molecule has 0 heterocycles. The first-order valence-electron chi connectivity index (χ1n) is 5.73. The number of amides is 1. The van der Waals surface area contributed by atoms with Crippen LogP contribution in [0.4, 0.5) is 4.39 Å². The van der Waals surface area contributed by atoms with E-state index < -0.39 is 0 Å². The minimum atomic E-state index is -0.286. The first-order valence-corrected chi connectivity index (χ1v) is 5.73. The summed E-state index contributed by atoms with van der Waals surface area (Å²) in [6.45, 7) is 2.57. The molecule has 0 radical (unpaired) electrons. The number of nitrogens with zero attached hydrogens (tertiary/aromatic N) is 1. The lowest BCUT2D eigenvalue weighted by molar-refractivity contribution is -0.129. The summed E-state index contributed by atoms with van der Waals surface area (Å²) in [4.78, 5) is 13.5. The van der Waals surface area contributed by atoms with Crippen molar-refractivity contribution in [3.8, 4) is 0 Å². The van der Waals surface area contributed by atoms with Crippen LogP contribution in [0.3, 0.4) is 0 Å². The van der Waals surface area contributed by atoms with Gasteiger partial charge in [-0.25, -0.2) is 4.39 Å². The zero-order valence-electron chi connectivity index (χ0n) is 10.3. The monoisotopic (exact) mass is 238 g/mol. The van der Waals surface area contributed by atoms with Gasteiger partial charge in [-0.15, -0.1) is 0 Å². The van der Waals surface area contributed by atoms with E-state index in [0.29, 0.717) is 13.0 Å². The zero-order chi connectivity index (χ0) is 12.8. The third-order valence-electron chi connectivity index (χ3n) is 2.61. The summed E-state index contributed by atoms with van der Waals surface area (Å²) in [6.07, 6.45) is 1.08. The molecule has 0 aliphatic carbocycles. The van der Waals surface area contributed by atoms with Gasteiger partial charge in [-0.2, -0.15) is 0 Å². The van der Waals surface area contributed by atoms with Gasteiger partial charge in [0.2, 0.25) is 5.91 Å². The van der Waals surface area contributed by atoms with E-state index in [2.05, 4.69) is 0 Å². The van der Waals surface area contributed by atoms with E-state index in [1.54, 1.807) is 24.1 Å². The van der Waals surface area contributed by atoms with Crippen molar-refractivity contribution in [2.75, 3.05) is 13.6 Å². The number of carbonyl (C=O) groups is 1. The van der Waals surface area contributed by atoms with Gasteiger partial charge in [-0.05, 0) is 31.0 Å². The Morgan fingerprint density at radius 2 is 2.00 bits per heavy atom. The molecular formula is C13H19FN2O. The number of benzene rings is 1. The molecule has 1 aromatic rings. The lowest BCUT2D eigenvalue weighted by atomic mass is 10.1. The summed E-state index contributed by atoms with van der Waals surface area (Å²) in [5.41, 5.74) is 6.45. The summed E-state index contributed by atoms with van der Waals surface area (Å²) in [7, 11) is 1.76. The zero-order valence-corrected chi connectivity index (χ0v) is 10.3. The average Bonchev–Trinajstić information content (AvgIpc) is 2.28. The number of carbonyl (C=O) groups excluding carboxylic acids is 1. The molecule has 1 amide bonds. The Labute approximate surface area is 101 Å². The molecular weight excluding hydrogens is 219 g/mol. The molecule has 0 fully saturated rings. The molecule has 0 spiro atoms. The highest BCUT2D eigenvalue weighted by Crippen LogP contribution is 2.05. The Kier molecular flexibility index (Phi) is 5.10. The van der Waals surface area contributed by atoms with E-state index in [1.165, 1.54) is 12.1 Å². The van der Waals surface area contributed by atoms with Crippen LogP contribution in [0.15, 0.2) is 24.3 Å². The highest BCUT2D eigenvalue weighted by atomic mass is 19.1. The minimum absolute atomic E-state index is 0.0252. The van der Waals surface area contributed by atoms with Crippen molar-refractivity contribution < 1.29 is 9.18 Å². The first kappa shape index (κ1) is 13.6. The second kappa shape index (κ2) is 6.35. The molecule has 17 heavy (non-hydrogen) atoms. The maximum Gasteiger partial charge on any atom is 0.226 e. The fourth-order valence-electron chi connectivity index (χ4n) is 1.43. The summed E-state index contributed by atoms with van der Waals surface area (Å²) in [6, 6.07) is 6.09. The van der Waals surface area contributed by atoms with Gasteiger partial charge in [-0.3, -0.25) is 4.79 Å². The summed E-state index contributed by atoms with van der Waals surface area (Å²) in [5.74, 6) is -0.260. The Hall–Kier alpha value is -1.42. The lowest BCUT2D eigenvalue weighted by Gasteiger charge is -2.18. The second-order valence-corrected chi connectivity index (χ2v) is 4.38. The van der Waals surface area contributed by atoms with Gasteiger partial charge < -0.3 is 10.6 Å². The number of hydrogen-bond acceptors (Lipinski definition) is 2. The standard InChI is InChI=1S/C13H19FN2O/c1-10(15)7-8-16(2)13(17)9-11-3-5-12(14)6-4-11/h3-6,10H,7-9,15H2,1-2H3. The van der Waals surface area contributed by atoms with Crippen molar-refractivity contribution in [3.63, 3.8) is 0 Å². The van der Waals surface area contributed by atoms with Crippen molar-refractivity contribution in [3.05, 3.63) is 35.6 Å². The first-order chi connectivity index (χ1) is 7.99. The van der Waals surface area contributed by atoms with Crippen molar-refractivity contribution in [1.82, 2.24) is 4.90 Å². The van der Waals surface area contributed by atoms with Crippen LogP contribution in [0.2, 0.25) is 0 Å². The van der Waals surface area contributed by atoms with Gasteiger partial charge in [0, 0.05) is 19.6 Å². The van der Waals surface area contributed by atoms with Crippen molar-refractivity contribution in [2.45, 2.75) is 25.8 Å². The Morgan fingerprint density at radius 1 is 1.41 bits per heavy atom. The molecule has 0 saturated carbocycles. The number of nitrogens with two attached hydrogens (primary N) is 1. The Balaban J connectivity index is 2.45. The van der Waals surface area contributed by atoms with Crippen LogP contribution in [0.25, 0.3) is 0 Å². The summed E-state index contributed by atoms with van der Waals surface area (Å²) >= 11 is 0. The van der Waals surface area contributed by atoms with Gasteiger partial charge in [0.15, 0.2) is 0 Å². The highest BCUT2D eigenvalue weighted by molar-refractivity contribution is 5.78. The summed E-state index contributed by atoms with van der Waals surface area (Å²) in [5, 5.41) is 0. The molecule has 1 atom stereocenters. The van der Waals surface area contributed by atoms with Crippen LogP contribution < -0.4 is 5.73 Å². The maximum atomic E-state index is 12.7. The fraction of sp³-hybridized carbons (Fsp3) is 0.462. The van der Waals surface area contributed by atoms with Crippen LogP contribution in [-0.4, -0.2) is 30.4 Å². The second-order valence-electron chi connectivity index (χ2n) is 4.38. The number of halogens is 1. The molecule has 0 bridgehead atoms. The predicted molar refractivity (Wildman–Crippen MR) is 66.0 cm³/mol. The van der Waals surface area contributed by atoms with E-state index in [9.17, 15) is 9.18 Å². The molecule has 1 aromatic carbocycles. The third kappa shape index (κ3) is 4.95. The maximum absolute atomic E-state index is 12.7. The molecule has 4 heteroatoms. The molecule has 0 aromatic heterocycles.